The third kappa shape index (κ3) is 5.57. The van der Waals surface area contributed by atoms with Crippen molar-refractivity contribution in [2.45, 2.75) is 4.90 Å². The summed E-state index contributed by atoms with van der Waals surface area (Å²) in [6.45, 7) is 0. The summed E-state index contributed by atoms with van der Waals surface area (Å²) in [4.78, 5) is 14.7. The number of hydrazone groups is 1. The number of rotatable bonds is 8. The first kappa shape index (κ1) is 23.1. The molecule has 3 rings (SSSR count). The van der Waals surface area contributed by atoms with Crippen LogP contribution in [-0.4, -0.2) is 34.8 Å². The first-order valence-electron chi connectivity index (χ1n) is 9.17. The number of sulfonamides is 1. The molecule has 0 saturated heterocycles. The molecule has 0 fully saturated rings. The van der Waals surface area contributed by atoms with Crippen LogP contribution in [0, 0.1) is 0 Å². The van der Waals surface area contributed by atoms with Crippen LogP contribution in [0.15, 0.2) is 76.7 Å². The molecule has 0 bridgehead atoms. The number of ether oxygens (including phenoxy) is 3. The molecular formula is C22H19ClN2O6S. The van der Waals surface area contributed by atoms with Crippen molar-refractivity contribution in [2.24, 2.45) is 5.10 Å². The van der Waals surface area contributed by atoms with E-state index in [1.54, 1.807) is 42.5 Å². The first-order valence-corrected chi connectivity index (χ1v) is 11.0. The Morgan fingerprint density at radius 1 is 1.00 bits per heavy atom. The fourth-order valence-corrected chi connectivity index (χ4v) is 3.68. The number of esters is 1. The van der Waals surface area contributed by atoms with E-state index < -0.39 is 16.0 Å². The Bertz CT molecular complexity index is 1230. The number of methoxy groups -OCH3 is 2. The normalized spacial score (nSPS) is 11.2. The van der Waals surface area contributed by atoms with Gasteiger partial charge in [-0.2, -0.15) is 13.5 Å². The van der Waals surface area contributed by atoms with Gasteiger partial charge in [0.2, 0.25) is 0 Å². The summed E-state index contributed by atoms with van der Waals surface area (Å²) < 4.78 is 40.2. The zero-order valence-electron chi connectivity index (χ0n) is 17.1. The van der Waals surface area contributed by atoms with E-state index in [2.05, 4.69) is 9.93 Å². The Morgan fingerprint density at radius 2 is 1.69 bits per heavy atom. The molecule has 0 saturated carbocycles. The minimum absolute atomic E-state index is 0.0250. The highest BCUT2D eigenvalue weighted by Gasteiger charge is 2.17. The number of nitrogens with zero attached hydrogens (tertiary/aromatic N) is 1. The molecule has 1 N–H and O–H groups in total. The minimum Gasteiger partial charge on any atom is -0.497 e. The largest absolute Gasteiger partial charge is 0.497 e. The summed E-state index contributed by atoms with van der Waals surface area (Å²) in [7, 11) is -0.899. The second-order valence-electron chi connectivity index (χ2n) is 6.32. The van der Waals surface area contributed by atoms with Crippen LogP contribution in [0.2, 0.25) is 5.02 Å². The van der Waals surface area contributed by atoms with Gasteiger partial charge in [0.05, 0.1) is 35.9 Å². The second kappa shape index (κ2) is 10.2. The highest BCUT2D eigenvalue weighted by Crippen LogP contribution is 2.36. The van der Waals surface area contributed by atoms with Crippen LogP contribution in [0.25, 0.3) is 0 Å². The molecule has 0 atom stereocenters. The van der Waals surface area contributed by atoms with Crippen LogP contribution in [0.3, 0.4) is 0 Å². The van der Waals surface area contributed by atoms with Crippen molar-refractivity contribution in [3.8, 4) is 17.2 Å². The molecule has 3 aromatic carbocycles. The second-order valence-corrected chi connectivity index (χ2v) is 8.39. The van der Waals surface area contributed by atoms with Crippen molar-refractivity contribution in [1.82, 2.24) is 4.83 Å². The van der Waals surface area contributed by atoms with Crippen LogP contribution in [0.1, 0.15) is 15.9 Å². The Labute approximate surface area is 190 Å². The predicted octanol–water partition coefficient (Wildman–Crippen LogP) is 3.89. The van der Waals surface area contributed by atoms with Crippen molar-refractivity contribution in [3.05, 3.63) is 82.9 Å². The molecule has 0 radical (unpaired) electrons. The van der Waals surface area contributed by atoms with E-state index in [-0.39, 0.29) is 21.4 Å². The molecule has 166 valence electrons. The van der Waals surface area contributed by atoms with Gasteiger partial charge in [0.25, 0.3) is 10.0 Å². The zero-order chi connectivity index (χ0) is 23.1. The summed E-state index contributed by atoms with van der Waals surface area (Å²) in [5.41, 5.74) is 0.719. The van der Waals surface area contributed by atoms with Crippen molar-refractivity contribution in [3.63, 3.8) is 0 Å². The molecule has 0 aliphatic heterocycles. The average Bonchev–Trinajstić information content (AvgIpc) is 2.81. The molecule has 0 aromatic heterocycles. The molecule has 0 spiro atoms. The number of carbonyl (C=O) groups is 1. The maximum atomic E-state index is 12.5. The van der Waals surface area contributed by atoms with Gasteiger partial charge in [-0.3, -0.25) is 0 Å². The molecular weight excluding hydrogens is 456 g/mol. The molecule has 0 amide bonds. The first-order chi connectivity index (χ1) is 15.3. The van der Waals surface area contributed by atoms with E-state index in [1.807, 2.05) is 0 Å². The molecule has 0 aliphatic carbocycles. The van der Waals surface area contributed by atoms with E-state index >= 15 is 0 Å². The van der Waals surface area contributed by atoms with Gasteiger partial charge in [0, 0.05) is 0 Å². The molecule has 8 nitrogen and oxygen atoms in total. The van der Waals surface area contributed by atoms with Gasteiger partial charge in [0.1, 0.15) is 5.75 Å². The van der Waals surface area contributed by atoms with Gasteiger partial charge < -0.3 is 14.2 Å². The lowest BCUT2D eigenvalue weighted by molar-refractivity contribution is 0.0730. The predicted molar refractivity (Wildman–Crippen MR) is 120 cm³/mol. The number of hydrogen-bond acceptors (Lipinski definition) is 7. The number of hydrogen-bond donors (Lipinski definition) is 1. The van der Waals surface area contributed by atoms with Crippen LogP contribution in [-0.2, 0) is 10.0 Å². The smallest absolute Gasteiger partial charge is 0.343 e. The molecule has 32 heavy (non-hydrogen) atoms. The van der Waals surface area contributed by atoms with E-state index in [0.717, 1.165) is 0 Å². The maximum absolute atomic E-state index is 12.5. The fraction of sp³-hybridized carbons (Fsp3) is 0.0909. The fourth-order valence-electron chi connectivity index (χ4n) is 2.61. The maximum Gasteiger partial charge on any atom is 0.343 e. The van der Waals surface area contributed by atoms with Gasteiger partial charge in [-0.15, -0.1) is 0 Å². The van der Waals surface area contributed by atoms with Crippen LogP contribution in [0.4, 0.5) is 0 Å². The van der Waals surface area contributed by atoms with Gasteiger partial charge in [-0.1, -0.05) is 29.8 Å². The Morgan fingerprint density at radius 3 is 2.31 bits per heavy atom. The molecule has 0 aliphatic rings. The number of halogens is 1. The lowest BCUT2D eigenvalue weighted by Crippen LogP contribution is -2.18. The van der Waals surface area contributed by atoms with Crippen LogP contribution >= 0.6 is 11.6 Å². The van der Waals surface area contributed by atoms with Gasteiger partial charge in [-0.05, 0) is 54.1 Å². The van der Waals surface area contributed by atoms with Gasteiger partial charge in [0.15, 0.2) is 11.5 Å². The Balaban J connectivity index is 1.77. The summed E-state index contributed by atoms with van der Waals surface area (Å²) in [5, 5.41) is 3.85. The number of carbonyl (C=O) groups excluding carboxylic acids is 1. The third-order valence-electron chi connectivity index (χ3n) is 4.21. The Kier molecular flexibility index (Phi) is 7.34. The number of nitrogens with one attached hydrogen (secondary N) is 1. The molecule has 10 heteroatoms. The van der Waals surface area contributed by atoms with Gasteiger partial charge >= 0.3 is 5.97 Å². The average molecular weight is 475 g/mol. The summed E-state index contributed by atoms with van der Waals surface area (Å²) >= 11 is 6.28. The zero-order valence-corrected chi connectivity index (χ0v) is 18.7. The quantitative estimate of drug-likeness (QED) is 0.230. The summed E-state index contributed by atoms with van der Waals surface area (Å²) in [6, 6.07) is 17.2. The van der Waals surface area contributed by atoms with Crippen molar-refractivity contribution in [2.75, 3.05) is 14.2 Å². The van der Waals surface area contributed by atoms with Crippen LogP contribution in [0.5, 0.6) is 17.2 Å². The third-order valence-corrected chi connectivity index (χ3v) is 5.73. The summed E-state index contributed by atoms with van der Waals surface area (Å²) in [6.07, 6.45) is 1.25. The van der Waals surface area contributed by atoms with Crippen molar-refractivity contribution < 1.29 is 27.4 Å². The van der Waals surface area contributed by atoms with Crippen LogP contribution < -0.4 is 19.0 Å². The van der Waals surface area contributed by atoms with Crippen molar-refractivity contribution in [1.29, 1.82) is 0 Å². The lowest BCUT2D eigenvalue weighted by atomic mass is 10.2. The standard InChI is InChI=1S/C22H19ClN2O6S/c1-29-17-10-8-16(9-11-17)22(26)31-21-19(23)12-15(13-20(21)30-2)14-24-25-32(27,28)18-6-4-3-5-7-18/h3-14,25H,1-2H3/b24-14+. The molecule has 0 heterocycles. The van der Waals surface area contributed by atoms with Crippen molar-refractivity contribution >= 4 is 33.8 Å². The Hall–Kier alpha value is -3.56. The topological polar surface area (TPSA) is 103 Å². The van der Waals surface area contributed by atoms with E-state index in [1.165, 1.54) is 44.7 Å². The highest BCUT2D eigenvalue weighted by molar-refractivity contribution is 7.89. The minimum atomic E-state index is -3.81. The van der Waals surface area contributed by atoms with E-state index in [9.17, 15) is 13.2 Å². The lowest BCUT2D eigenvalue weighted by Gasteiger charge is -2.12. The SMILES string of the molecule is COc1ccc(C(=O)Oc2c(Cl)cc(/C=N/NS(=O)(=O)c3ccccc3)cc2OC)cc1. The molecule has 0 unspecified atom stereocenters. The number of benzene rings is 3. The monoisotopic (exact) mass is 474 g/mol. The molecule has 3 aromatic rings. The van der Waals surface area contributed by atoms with E-state index in [4.69, 9.17) is 25.8 Å². The van der Waals surface area contributed by atoms with Gasteiger partial charge in [-0.25, -0.2) is 9.63 Å². The summed E-state index contributed by atoms with van der Waals surface area (Å²) in [5.74, 6) is 0.164. The van der Waals surface area contributed by atoms with E-state index in [0.29, 0.717) is 16.9 Å². The highest BCUT2D eigenvalue weighted by atomic mass is 35.5.